The molecule has 3 fully saturated rings. The van der Waals surface area contributed by atoms with Crippen molar-refractivity contribution in [3.05, 3.63) is 160 Å². The fraction of sp³-hybridized carbons (Fsp3) is 0.353. The molecule has 15 N–H and O–H groups in total. The maximum Gasteiger partial charge on any atom is 0.471 e. The summed E-state index contributed by atoms with van der Waals surface area (Å²) in [5, 5.41) is 24.5. The maximum atomic E-state index is 12.2. The van der Waals surface area contributed by atoms with Gasteiger partial charge in [0.15, 0.2) is 11.6 Å². The van der Waals surface area contributed by atoms with Crippen LogP contribution in [0.1, 0.15) is 71.5 Å². The molecule has 4 aromatic rings. The predicted octanol–water partition coefficient (Wildman–Crippen LogP) is 0.316. The first-order valence-corrected chi connectivity index (χ1v) is 25.1. The lowest BCUT2D eigenvalue weighted by Crippen LogP contribution is -2.36. The zero-order chi connectivity index (χ0) is 59.9. The van der Waals surface area contributed by atoms with Crippen molar-refractivity contribution in [1.82, 2.24) is 35.9 Å². The third kappa shape index (κ3) is 20.9. The van der Waals surface area contributed by atoms with Crippen molar-refractivity contribution >= 4 is 72.5 Å². The van der Waals surface area contributed by atoms with Crippen molar-refractivity contribution in [3.63, 3.8) is 0 Å². The number of carbonyl (C=O) groups excluding carboxylic acids is 5. The Kier molecular flexibility index (Phi) is 26.9. The minimum absolute atomic E-state index is 0. The van der Waals surface area contributed by atoms with Gasteiger partial charge in [0.05, 0.1) is 39.1 Å². The van der Waals surface area contributed by atoms with E-state index in [1.807, 2.05) is 24.3 Å². The van der Waals surface area contributed by atoms with E-state index >= 15 is 0 Å². The molecule has 2 saturated heterocycles. The smallest absolute Gasteiger partial charge is 0.443 e. The van der Waals surface area contributed by atoms with E-state index in [1.165, 1.54) is 64.0 Å². The molecule has 446 valence electrons. The van der Waals surface area contributed by atoms with Crippen molar-refractivity contribution in [2.45, 2.75) is 87.9 Å². The fourth-order valence-electron chi connectivity index (χ4n) is 7.73. The summed E-state index contributed by atoms with van der Waals surface area (Å²) in [5.41, 5.74) is 11.7. The number of nitrogens with two attached hydrogens (primary N) is 2. The molecule has 26 nitrogen and oxygen atoms in total. The molecule has 2 aromatic heterocycles. The van der Waals surface area contributed by atoms with Crippen LogP contribution in [0.4, 0.5) is 13.2 Å². The van der Waals surface area contributed by atoms with Crippen LogP contribution in [0.15, 0.2) is 104 Å². The summed E-state index contributed by atoms with van der Waals surface area (Å²) >= 11 is 0. The Labute approximate surface area is 471 Å². The molecule has 4 heterocycles. The molecule has 8 atom stereocenters. The van der Waals surface area contributed by atoms with Crippen LogP contribution >= 0.6 is 18.8 Å². The van der Waals surface area contributed by atoms with Crippen LogP contribution in [0.3, 0.4) is 0 Å². The van der Waals surface area contributed by atoms with E-state index in [1.54, 1.807) is 29.6 Å². The standard InChI is InChI=1S/C22H27N4O6P.C17H14F3NO5.C12H18N3O5P.H3N.H2O/c23-11-15-4-1-3-14(9-15)6-7-19(28)24-8-2-5-16-12-26(22(30)25-21(16)29)20-10-17(27)18(32-20)13-31-33;18-17(19,20)16(25)21-9-11-3-1-2-10(8-11)4-7-14(24)26-15-12(22)5-6-13(15)23;13-3-1-2-7-5-15(12(18)14-11(7)17)10-4-8(16)9(20-10)6-19-21;;/h1-7,9,12,17-18,20,27H,8,10-11,13,23,33H2,(H,24,28)(H,25,29,30);1-4,7-8,15H,5-6,9H2,(H,21,25);1-2,5,8-10,16H,3-4,6,13,21H2,(H,14,17,18);1H3;1H2/b5-2+,7-6+;7-4+;2-1+;;/i33T;;21T;;. The lowest BCUT2D eigenvalue weighted by Gasteiger charge is -2.15. The highest BCUT2D eigenvalue weighted by Crippen LogP contribution is 2.29. The molecule has 0 spiro atoms. The summed E-state index contributed by atoms with van der Waals surface area (Å²) in [6, 6.07) is 13.6. The third-order valence-corrected chi connectivity index (χ3v) is 12.1. The number of hydrogen-bond acceptors (Lipinski definition) is 19. The summed E-state index contributed by atoms with van der Waals surface area (Å²) in [5.74, 6) is -4.13. The van der Waals surface area contributed by atoms with Crippen LogP contribution < -0.4 is 50.7 Å². The molecule has 0 radical (unpaired) electrons. The number of carbonyl (C=O) groups is 5. The Hall–Kier alpha value is -7.24. The SMILES string of the molecule is N.O.O=C(/C=C/c1cccc(CNC(=O)C(F)(F)F)c1)OC1C(=O)CCC1=O.[3H]POCC1OC(n2cc(/C=C/CN)c(=O)[nH]c2=O)CC1O.[3H]POCC1OC(n2cc(/C=C/CNC(=O)/C=C/c3cccc(CN)c3)c(=O)[nH]c2=O)CC1O. The van der Waals surface area contributed by atoms with Crippen molar-refractivity contribution in [2.75, 3.05) is 26.3 Å². The van der Waals surface area contributed by atoms with Gasteiger partial charge in [0, 0.05) is 95.2 Å². The minimum atomic E-state index is -4.96. The Morgan fingerprint density at radius 1 is 0.756 bits per heavy atom. The number of benzene rings is 2. The van der Waals surface area contributed by atoms with Gasteiger partial charge in [-0.05, 0) is 40.5 Å². The van der Waals surface area contributed by atoms with Crippen LogP contribution in [-0.4, -0.2) is 130 Å². The number of halogens is 3. The van der Waals surface area contributed by atoms with Crippen LogP contribution in [-0.2, 0) is 60.3 Å². The molecular formula is C51H64F3N9O17P2. The summed E-state index contributed by atoms with van der Waals surface area (Å²) in [6.45, 7) is 0.630. The highest BCUT2D eigenvalue weighted by molar-refractivity contribution is 7.10. The number of aliphatic hydroxyl groups is 2. The molecular weight excluding hydrogens is 1130 g/mol. The highest BCUT2D eigenvalue weighted by atomic mass is 31.0. The number of nitrogens with zero attached hydrogens (tertiary/aromatic N) is 2. The van der Waals surface area contributed by atoms with Crippen LogP contribution in [0, 0.1) is 0 Å². The number of esters is 1. The van der Waals surface area contributed by atoms with Crippen molar-refractivity contribution < 1.29 is 76.1 Å². The maximum absolute atomic E-state index is 12.2. The molecule has 3 aliphatic rings. The lowest BCUT2D eigenvalue weighted by molar-refractivity contribution is -0.173. The number of ketones is 2. The quantitative estimate of drug-likeness (QED) is 0.0235. The number of alkyl halides is 3. The van der Waals surface area contributed by atoms with Gasteiger partial charge in [-0.1, -0.05) is 66.8 Å². The second-order valence-electron chi connectivity index (χ2n) is 17.6. The predicted molar refractivity (Wildman–Crippen MR) is 298 cm³/mol. The van der Waals surface area contributed by atoms with Gasteiger partial charge < -0.3 is 67.2 Å². The molecule has 2 aliphatic heterocycles. The number of amides is 2. The van der Waals surface area contributed by atoms with Gasteiger partial charge in [-0.25, -0.2) is 14.4 Å². The van der Waals surface area contributed by atoms with Gasteiger partial charge in [0.2, 0.25) is 12.0 Å². The molecule has 2 amide bonds. The number of Topliss-reactive ketones (excluding diaryl/α,β-unsaturated/α-hetero) is 2. The molecule has 0 bridgehead atoms. The van der Waals surface area contributed by atoms with Gasteiger partial charge in [-0.3, -0.25) is 47.9 Å². The van der Waals surface area contributed by atoms with E-state index in [9.17, 15) is 66.5 Å². The zero-order valence-corrected chi connectivity index (χ0v) is 45.5. The van der Waals surface area contributed by atoms with E-state index in [0.717, 1.165) is 17.2 Å². The van der Waals surface area contributed by atoms with E-state index in [0.29, 0.717) is 17.7 Å². The summed E-state index contributed by atoms with van der Waals surface area (Å²) < 4.78 is 78.8. The number of hydrogen-bond donors (Lipinski definition) is 9. The Morgan fingerprint density at radius 2 is 1.26 bits per heavy atom. The second kappa shape index (κ2) is 33.6. The molecule has 31 heteroatoms. The zero-order valence-electron chi connectivity index (χ0n) is 45.5. The van der Waals surface area contributed by atoms with E-state index < -0.39 is 114 Å². The van der Waals surface area contributed by atoms with E-state index in [4.69, 9.17) is 37.3 Å². The Bertz CT molecular complexity index is 3240. The van der Waals surface area contributed by atoms with Crippen molar-refractivity contribution in [1.29, 1.82) is 2.56 Å². The van der Waals surface area contributed by atoms with E-state index in [-0.39, 0.29) is 87.2 Å². The van der Waals surface area contributed by atoms with Crippen molar-refractivity contribution in [2.24, 2.45) is 11.5 Å². The monoisotopic (exact) mass is 1200 g/mol. The summed E-state index contributed by atoms with van der Waals surface area (Å²) in [4.78, 5) is 110. The van der Waals surface area contributed by atoms with Gasteiger partial charge in [-0.15, -0.1) is 0 Å². The molecule has 7 rings (SSSR count). The molecule has 82 heavy (non-hydrogen) atoms. The molecule has 1 aliphatic carbocycles. The number of nitrogens with one attached hydrogen (secondary N) is 4. The van der Waals surface area contributed by atoms with Crippen molar-refractivity contribution in [3.8, 4) is 0 Å². The Balaban J connectivity index is 0.000000335. The molecule has 2 aromatic carbocycles. The fourth-order valence-corrected chi connectivity index (χ4v) is 8.06. The number of aromatic nitrogens is 4. The van der Waals surface area contributed by atoms with Gasteiger partial charge in [0.1, 0.15) is 24.7 Å². The van der Waals surface area contributed by atoms with Crippen LogP contribution in [0.2, 0.25) is 0 Å². The van der Waals surface area contributed by atoms with Gasteiger partial charge in [-0.2, -0.15) is 13.2 Å². The average molecular weight is 1200 g/mol. The molecule has 1 saturated carbocycles. The van der Waals surface area contributed by atoms with E-state index in [2.05, 4.69) is 15.3 Å². The van der Waals surface area contributed by atoms with Gasteiger partial charge >= 0.3 is 29.4 Å². The number of aliphatic hydroxyl groups excluding tert-OH is 2. The normalized spacial score (nSPS) is 20.4. The summed E-state index contributed by atoms with van der Waals surface area (Å²) in [6.07, 6.45) is 3.99. The second-order valence-corrected chi connectivity index (χ2v) is 18.1. The first-order chi connectivity index (χ1) is 39.1. The van der Waals surface area contributed by atoms with Crippen LogP contribution in [0.25, 0.3) is 24.3 Å². The first kappa shape index (κ1) is 65.6. The lowest BCUT2D eigenvalue weighted by atomic mass is 10.1. The average Bonchev–Trinajstić information content (AvgIpc) is 4.22. The number of rotatable bonds is 21. The Morgan fingerprint density at radius 3 is 1.76 bits per heavy atom. The summed E-state index contributed by atoms with van der Waals surface area (Å²) in [7, 11) is -0.941. The number of aromatic amines is 2. The third-order valence-electron chi connectivity index (χ3n) is 11.8. The minimum Gasteiger partial charge on any atom is -0.443 e. The van der Waals surface area contributed by atoms with Crippen LogP contribution in [0.5, 0.6) is 0 Å². The largest absolute Gasteiger partial charge is 0.471 e. The number of ether oxygens (including phenoxy) is 3. The number of H-pyrrole nitrogens is 2. The molecule has 8 unspecified atom stereocenters. The highest BCUT2D eigenvalue weighted by Gasteiger charge is 2.39. The first-order valence-electron chi connectivity index (χ1n) is 25.3. The van der Waals surface area contributed by atoms with Gasteiger partial charge in [0.25, 0.3) is 11.1 Å². The topological polar surface area (TPSA) is 424 Å².